The van der Waals surface area contributed by atoms with E-state index in [0.29, 0.717) is 17.9 Å². The molecule has 0 N–H and O–H groups in total. The SMILES string of the molecule is Cc1ccc(CC(=O)Cc2ccc(F)cc2)c(Cl)c1. The molecule has 0 bridgehead atoms. The molecule has 0 radical (unpaired) electrons. The molecule has 0 heterocycles. The molecule has 0 aliphatic heterocycles. The maximum absolute atomic E-state index is 12.8. The smallest absolute Gasteiger partial charge is 0.141 e. The summed E-state index contributed by atoms with van der Waals surface area (Å²) in [5.41, 5.74) is 2.72. The highest BCUT2D eigenvalue weighted by atomic mass is 35.5. The Morgan fingerprint density at radius 3 is 2.42 bits per heavy atom. The van der Waals surface area contributed by atoms with Crippen LogP contribution in [0.25, 0.3) is 0 Å². The summed E-state index contributed by atoms with van der Waals surface area (Å²) >= 11 is 6.10. The molecule has 0 fully saturated rings. The second-order valence-electron chi connectivity index (χ2n) is 4.61. The Bertz CT molecular complexity index is 590. The summed E-state index contributed by atoms with van der Waals surface area (Å²) < 4.78 is 12.8. The Kier molecular flexibility index (Phi) is 4.33. The van der Waals surface area contributed by atoms with Crippen molar-refractivity contribution in [3.8, 4) is 0 Å². The quantitative estimate of drug-likeness (QED) is 0.820. The van der Waals surface area contributed by atoms with Crippen LogP contribution in [0.1, 0.15) is 16.7 Å². The van der Waals surface area contributed by atoms with Gasteiger partial charge in [-0.3, -0.25) is 4.79 Å². The van der Waals surface area contributed by atoms with Crippen LogP contribution in [0.3, 0.4) is 0 Å². The Morgan fingerprint density at radius 1 is 1.11 bits per heavy atom. The van der Waals surface area contributed by atoms with Crippen molar-refractivity contribution in [1.29, 1.82) is 0 Å². The lowest BCUT2D eigenvalue weighted by atomic mass is 10.0. The van der Waals surface area contributed by atoms with Crippen LogP contribution in [-0.2, 0) is 17.6 Å². The molecule has 2 aromatic carbocycles. The molecule has 0 aliphatic rings. The Morgan fingerprint density at radius 2 is 1.79 bits per heavy atom. The summed E-state index contributed by atoms with van der Waals surface area (Å²) in [6, 6.07) is 11.6. The van der Waals surface area contributed by atoms with Gasteiger partial charge in [0.1, 0.15) is 11.6 Å². The topological polar surface area (TPSA) is 17.1 Å². The third-order valence-corrected chi connectivity index (χ3v) is 3.26. The van der Waals surface area contributed by atoms with Crippen molar-refractivity contribution in [3.63, 3.8) is 0 Å². The summed E-state index contributed by atoms with van der Waals surface area (Å²) in [6.07, 6.45) is 0.598. The number of hydrogen-bond acceptors (Lipinski definition) is 1. The maximum Gasteiger partial charge on any atom is 0.141 e. The van der Waals surface area contributed by atoms with Gasteiger partial charge in [0, 0.05) is 17.9 Å². The Balaban J connectivity index is 2.03. The molecule has 2 aromatic rings. The molecule has 0 aromatic heterocycles. The summed E-state index contributed by atoms with van der Waals surface area (Å²) in [4.78, 5) is 12.0. The predicted octanol–water partition coefficient (Wildman–Crippen LogP) is 4.14. The molecule has 0 spiro atoms. The molecule has 0 saturated carbocycles. The van der Waals surface area contributed by atoms with E-state index >= 15 is 0 Å². The van der Waals surface area contributed by atoms with Gasteiger partial charge in [-0.1, -0.05) is 35.9 Å². The van der Waals surface area contributed by atoms with Crippen molar-refractivity contribution in [2.75, 3.05) is 0 Å². The van der Waals surface area contributed by atoms with E-state index in [0.717, 1.165) is 16.7 Å². The highest BCUT2D eigenvalue weighted by molar-refractivity contribution is 6.31. The van der Waals surface area contributed by atoms with Gasteiger partial charge in [-0.2, -0.15) is 0 Å². The highest BCUT2D eigenvalue weighted by Gasteiger charge is 2.08. The first kappa shape index (κ1) is 13.8. The summed E-state index contributed by atoms with van der Waals surface area (Å²) in [5, 5.41) is 0.618. The van der Waals surface area contributed by atoms with E-state index in [1.807, 2.05) is 25.1 Å². The fraction of sp³-hybridized carbons (Fsp3) is 0.188. The summed E-state index contributed by atoms with van der Waals surface area (Å²) in [5.74, 6) is -0.227. The van der Waals surface area contributed by atoms with Crippen molar-refractivity contribution in [3.05, 3.63) is 70.0 Å². The lowest BCUT2D eigenvalue weighted by Crippen LogP contribution is -2.07. The first-order valence-corrected chi connectivity index (χ1v) is 6.43. The van der Waals surface area contributed by atoms with Gasteiger partial charge in [0.25, 0.3) is 0 Å². The van der Waals surface area contributed by atoms with E-state index in [2.05, 4.69) is 0 Å². The first-order chi connectivity index (χ1) is 9.04. The molecule has 0 unspecified atom stereocenters. The summed E-state index contributed by atoms with van der Waals surface area (Å²) in [7, 11) is 0. The molecule has 1 nitrogen and oxygen atoms in total. The zero-order valence-electron chi connectivity index (χ0n) is 10.6. The minimum Gasteiger partial charge on any atom is -0.299 e. The zero-order valence-corrected chi connectivity index (χ0v) is 11.4. The van der Waals surface area contributed by atoms with Gasteiger partial charge in [-0.05, 0) is 41.8 Å². The van der Waals surface area contributed by atoms with E-state index < -0.39 is 0 Å². The van der Waals surface area contributed by atoms with Gasteiger partial charge >= 0.3 is 0 Å². The molecule has 0 amide bonds. The summed E-state index contributed by atoms with van der Waals surface area (Å²) in [6.45, 7) is 1.95. The average molecular weight is 277 g/mol. The normalized spacial score (nSPS) is 10.5. The fourth-order valence-corrected chi connectivity index (χ4v) is 2.20. The van der Waals surface area contributed by atoms with Gasteiger partial charge in [0.2, 0.25) is 0 Å². The molecule has 2 rings (SSSR count). The number of halogens is 2. The van der Waals surface area contributed by atoms with Crippen LogP contribution >= 0.6 is 11.6 Å². The molecule has 19 heavy (non-hydrogen) atoms. The van der Waals surface area contributed by atoms with E-state index in [-0.39, 0.29) is 11.6 Å². The van der Waals surface area contributed by atoms with Crippen molar-refractivity contribution in [2.24, 2.45) is 0 Å². The zero-order chi connectivity index (χ0) is 13.8. The van der Waals surface area contributed by atoms with E-state index in [4.69, 9.17) is 11.6 Å². The number of hydrogen-bond donors (Lipinski definition) is 0. The number of benzene rings is 2. The molecule has 98 valence electrons. The minimum absolute atomic E-state index is 0.0670. The van der Waals surface area contributed by atoms with Crippen LogP contribution in [0.2, 0.25) is 5.02 Å². The van der Waals surface area contributed by atoms with Crippen molar-refractivity contribution >= 4 is 17.4 Å². The second kappa shape index (κ2) is 5.98. The van der Waals surface area contributed by atoms with Crippen molar-refractivity contribution in [1.82, 2.24) is 0 Å². The van der Waals surface area contributed by atoms with Gasteiger partial charge in [-0.15, -0.1) is 0 Å². The monoisotopic (exact) mass is 276 g/mol. The molecular weight excluding hydrogens is 263 g/mol. The highest BCUT2D eigenvalue weighted by Crippen LogP contribution is 2.19. The fourth-order valence-electron chi connectivity index (χ4n) is 1.90. The number of ketones is 1. The van der Waals surface area contributed by atoms with Crippen molar-refractivity contribution in [2.45, 2.75) is 19.8 Å². The van der Waals surface area contributed by atoms with Gasteiger partial charge < -0.3 is 0 Å². The van der Waals surface area contributed by atoms with Crippen LogP contribution < -0.4 is 0 Å². The van der Waals surface area contributed by atoms with E-state index in [9.17, 15) is 9.18 Å². The van der Waals surface area contributed by atoms with E-state index in [1.54, 1.807) is 12.1 Å². The predicted molar refractivity (Wildman–Crippen MR) is 75.0 cm³/mol. The standard InChI is InChI=1S/C16H14ClFO/c1-11-2-5-13(16(17)8-11)10-15(19)9-12-3-6-14(18)7-4-12/h2-8H,9-10H2,1H3. The number of Topliss-reactive ketones (excluding diaryl/α,β-unsaturated/α-hetero) is 1. The Hall–Kier alpha value is -1.67. The van der Waals surface area contributed by atoms with Crippen LogP contribution in [-0.4, -0.2) is 5.78 Å². The van der Waals surface area contributed by atoms with Crippen LogP contribution in [0.15, 0.2) is 42.5 Å². The molecule has 0 saturated heterocycles. The second-order valence-corrected chi connectivity index (χ2v) is 5.02. The van der Waals surface area contributed by atoms with Crippen LogP contribution in [0, 0.1) is 12.7 Å². The van der Waals surface area contributed by atoms with Gasteiger partial charge in [0.15, 0.2) is 0 Å². The van der Waals surface area contributed by atoms with E-state index in [1.165, 1.54) is 12.1 Å². The molecular formula is C16H14ClFO. The van der Waals surface area contributed by atoms with Crippen molar-refractivity contribution < 1.29 is 9.18 Å². The lowest BCUT2D eigenvalue weighted by Gasteiger charge is -2.05. The number of carbonyl (C=O) groups is 1. The third-order valence-electron chi connectivity index (χ3n) is 2.91. The lowest BCUT2D eigenvalue weighted by molar-refractivity contribution is -0.117. The Labute approximate surface area is 117 Å². The number of carbonyl (C=O) groups excluding carboxylic acids is 1. The maximum atomic E-state index is 12.8. The average Bonchev–Trinajstić information content (AvgIpc) is 2.36. The minimum atomic E-state index is -0.294. The molecule has 0 aliphatic carbocycles. The largest absolute Gasteiger partial charge is 0.299 e. The first-order valence-electron chi connectivity index (χ1n) is 6.06. The number of rotatable bonds is 4. The van der Waals surface area contributed by atoms with Gasteiger partial charge in [-0.25, -0.2) is 4.39 Å². The number of aryl methyl sites for hydroxylation is 1. The third kappa shape index (κ3) is 3.90. The molecule has 3 heteroatoms. The molecule has 0 atom stereocenters. The van der Waals surface area contributed by atoms with Crippen LogP contribution in [0.4, 0.5) is 4.39 Å². The van der Waals surface area contributed by atoms with Crippen LogP contribution in [0.5, 0.6) is 0 Å². The van der Waals surface area contributed by atoms with Gasteiger partial charge in [0.05, 0.1) is 0 Å².